The predicted molar refractivity (Wildman–Crippen MR) is 66.7 cm³/mol. The number of nitrogens with zero attached hydrogens (tertiary/aromatic N) is 1. The van der Waals surface area contributed by atoms with Crippen molar-refractivity contribution in [1.29, 1.82) is 0 Å². The Morgan fingerprint density at radius 1 is 1.50 bits per heavy atom. The number of rotatable bonds is 7. The normalized spacial score (nSPS) is 10.3. The summed E-state index contributed by atoms with van der Waals surface area (Å²) >= 11 is 5.69. The minimum Gasteiger partial charge on any atom is -0.481 e. The zero-order chi connectivity index (χ0) is 13.5. The molecule has 0 saturated carbocycles. The number of nitrogens with one attached hydrogen (secondary N) is 1. The van der Waals surface area contributed by atoms with Crippen molar-refractivity contribution in [3.05, 3.63) is 38.9 Å². The van der Waals surface area contributed by atoms with Gasteiger partial charge in [-0.05, 0) is 25.1 Å². The van der Waals surface area contributed by atoms with E-state index < -0.39 is 10.9 Å². The molecule has 6 nitrogen and oxygen atoms in total. The number of carboxylic acid groups (broad SMARTS) is 1. The van der Waals surface area contributed by atoms with Gasteiger partial charge in [-0.25, -0.2) is 0 Å². The first-order valence-electron chi connectivity index (χ1n) is 5.36. The van der Waals surface area contributed by atoms with Crippen LogP contribution in [-0.2, 0) is 11.3 Å². The van der Waals surface area contributed by atoms with Gasteiger partial charge in [-0.3, -0.25) is 14.9 Å². The molecule has 98 valence electrons. The third kappa shape index (κ3) is 4.68. The van der Waals surface area contributed by atoms with Crippen LogP contribution in [0.1, 0.15) is 18.4 Å². The highest BCUT2D eigenvalue weighted by Gasteiger charge is 2.13. The van der Waals surface area contributed by atoms with Crippen LogP contribution in [0, 0.1) is 10.1 Å². The highest BCUT2D eigenvalue weighted by atomic mass is 35.5. The number of nitro groups is 1. The average Bonchev–Trinajstić information content (AvgIpc) is 2.29. The molecule has 0 heterocycles. The molecular formula is C11H13ClN2O4. The van der Waals surface area contributed by atoms with Gasteiger partial charge in [-0.2, -0.15) is 0 Å². The molecule has 1 aromatic carbocycles. The smallest absolute Gasteiger partial charge is 0.303 e. The maximum absolute atomic E-state index is 10.8. The van der Waals surface area contributed by atoms with Crippen molar-refractivity contribution in [2.24, 2.45) is 0 Å². The molecule has 0 radical (unpaired) electrons. The van der Waals surface area contributed by atoms with Crippen molar-refractivity contribution in [3.63, 3.8) is 0 Å². The third-order valence-corrected chi connectivity index (χ3v) is 2.54. The summed E-state index contributed by atoms with van der Waals surface area (Å²) in [6.07, 6.45) is 0.562. The van der Waals surface area contributed by atoms with E-state index in [1.165, 1.54) is 6.07 Å². The minimum absolute atomic E-state index is 0.0340. The van der Waals surface area contributed by atoms with Crippen LogP contribution in [0.25, 0.3) is 0 Å². The number of halogens is 1. The number of benzene rings is 1. The Labute approximate surface area is 109 Å². The topological polar surface area (TPSA) is 92.5 Å². The van der Waals surface area contributed by atoms with Crippen LogP contribution in [0.4, 0.5) is 5.69 Å². The van der Waals surface area contributed by atoms with E-state index in [1.54, 1.807) is 12.1 Å². The zero-order valence-electron chi connectivity index (χ0n) is 9.56. The van der Waals surface area contributed by atoms with Crippen LogP contribution in [-0.4, -0.2) is 22.5 Å². The van der Waals surface area contributed by atoms with Crippen LogP contribution < -0.4 is 5.32 Å². The number of nitro benzene ring substituents is 1. The molecule has 0 atom stereocenters. The Morgan fingerprint density at radius 3 is 2.83 bits per heavy atom. The van der Waals surface area contributed by atoms with Crippen LogP contribution in [0.2, 0.25) is 5.02 Å². The zero-order valence-corrected chi connectivity index (χ0v) is 10.3. The van der Waals surface area contributed by atoms with Gasteiger partial charge in [-0.1, -0.05) is 11.6 Å². The monoisotopic (exact) mass is 272 g/mol. The molecule has 18 heavy (non-hydrogen) atoms. The first kappa shape index (κ1) is 14.4. The highest BCUT2D eigenvalue weighted by Crippen LogP contribution is 2.22. The second-order valence-electron chi connectivity index (χ2n) is 3.70. The van der Waals surface area contributed by atoms with E-state index in [0.717, 1.165) is 0 Å². The van der Waals surface area contributed by atoms with Crippen molar-refractivity contribution in [2.75, 3.05) is 6.54 Å². The number of hydrogen-bond acceptors (Lipinski definition) is 4. The Morgan fingerprint density at radius 2 is 2.22 bits per heavy atom. The quantitative estimate of drug-likeness (QED) is 0.451. The fraction of sp³-hybridized carbons (Fsp3) is 0.364. The number of carboxylic acids is 1. The maximum atomic E-state index is 10.8. The molecule has 0 bridgehead atoms. The van der Waals surface area contributed by atoms with E-state index >= 15 is 0 Å². The Kier molecular flexibility index (Phi) is 5.54. The van der Waals surface area contributed by atoms with Crippen LogP contribution >= 0.6 is 11.6 Å². The maximum Gasteiger partial charge on any atom is 0.303 e. The number of aliphatic carboxylic acids is 1. The van der Waals surface area contributed by atoms with Crippen molar-refractivity contribution >= 4 is 23.3 Å². The van der Waals surface area contributed by atoms with Gasteiger partial charge in [0.05, 0.1) is 4.92 Å². The lowest BCUT2D eigenvalue weighted by molar-refractivity contribution is -0.385. The summed E-state index contributed by atoms with van der Waals surface area (Å²) < 4.78 is 0. The summed E-state index contributed by atoms with van der Waals surface area (Å²) in [5, 5.41) is 22.5. The lowest BCUT2D eigenvalue weighted by Gasteiger charge is -2.05. The van der Waals surface area contributed by atoms with Crippen LogP contribution in [0.15, 0.2) is 18.2 Å². The summed E-state index contributed by atoms with van der Waals surface area (Å²) in [5.74, 6) is -0.853. The summed E-state index contributed by atoms with van der Waals surface area (Å²) in [4.78, 5) is 20.6. The molecule has 0 fully saturated rings. The second kappa shape index (κ2) is 6.93. The number of hydrogen-bond donors (Lipinski definition) is 2. The van der Waals surface area contributed by atoms with Gasteiger partial charge in [0.2, 0.25) is 0 Å². The summed E-state index contributed by atoms with van der Waals surface area (Å²) in [5.41, 5.74) is 0.493. The Bertz CT molecular complexity index is 451. The molecule has 0 spiro atoms. The molecule has 0 aromatic heterocycles. The molecule has 0 aliphatic heterocycles. The Hall–Kier alpha value is -1.66. The highest BCUT2D eigenvalue weighted by molar-refractivity contribution is 6.30. The van der Waals surface area contributed by atoms with E-state index in [2.05, 4.69) is 5.32 Å². The van der Waals surface area contributed by atoms with E-state index in [0.29, 0.717) is 30.1 Å². The molecule has 0 unspecified atom stereocenters. The van der Waals surface area contributed by atoms with E-state index in [-0.39, 0.29) is 12.1 Å². The summed E-state index contributed by atoms with van der Waals surface area (Å²) in [7, 11) is 0. The standard InChI is InChI=1S/C11H13ClN2O4/c12-9-4-3-8(10(6-9)14(17)18)7-13-5-1-2-11(15)16/h3-4,6,13H,1-2,5,7H2,(H,15,16). The van der Waals surface area contributed by atoms with Gasteiger partial charge in [0.1, 0.15) is 0 Å². The molecule has 7 heteroatoms. The fourth-order valence-electron chi connectivity index (χ4n) is 1.44. The van der Waals surface area contributed by atoms with Crippen molar-refractivity contribution < 1.29 is 14.8 Å². The van der Waals surface area contributed by atoms with E-state index in [1.807, 2.05) is 0 Å². The van der Waals surface area contributed by atoms with Crippen LogP contribution in [0.3, 0.4) is 0 Å². The summed E-state index contributed by atoms with van der Waals surface area (Å²) in [6.45, 7) is 0.805. The van der Waals surface area contributed by atoms with Crippen molar-refractivity contribution in [3.8, 4) is 0 Å². The molecule has 2 N–H and O–H groups in total. The van der Waals surface area contributed by atoms with Gasteiger partial charge < -0.3 is 10.4 Å². The lowest BCUT2D eigenvalue weighted by atomic mass is 10.2. The largest absolute Gasteiger partial charge is 0.481 e. The average molecular weight is 273 g/mol. The molecule has 0 aliphatic rings. The predicted octanol–water partition coefficient (Wildman–Crippen LogP) is 2.20. The van der Waals surface area contributed by atoms with Crippen molar-refractivity contribution in [2.45, 2.75) is 19.4 Å². The van der Waals surface area contributed by atoms with Gasteiger partial charge in [0.15, 0.2) is 0 Å². The molecule has 1 aromatic rings. The summed E-state index contributed by atoms with van der Waals surface area (Å²) in [6, 6.07) is 4.48. The van der Waals surface area contributed by atoms with E-state index in [4.69, 9.17) is 16.7 Å². The SMILES string of the molecule is O=C(O)CCCNCc1ccc(Cl)cc1[N+](=O)[O-]. The van der Waals surface area contributed by atoms with Crippen LogP contribution in [0.5, 0.6) is 0 Å². The first-order chi connectivity index (χ1) is 8.50. The van der Waals surface area contributed by atoms with Gasteiger partial charge >= 0.3 is 5.97 Å². The molecule has 0 amide bonds. The fourth-order valence-corrected chi connectivity index (χ4v) is 1.61. The molecular weight excluding hydrogens is 260 g/mol. The van der Waals surface area contributed by atoms with Gasteiger partial charge in [0, 0.05) is 29.6 Å². The van der Waals surface area contributed by atoms with Gasteiger partial charge in [-0.15, -0.1) is 0 Å². The number of carbonyl (C=O) groups is 1. The Balaban J connectivity index is 2.51. The lowest BCUT2D eigenvalue weighted by Crippen LogP contribution is -2.16. The van der Waals surface area contributed by atoms with Gasteiger partial charge in [0.25, 0.3) is 5.69 Å². The first-order valence-corrected chi connectivity index (χ1v) is 5.74. The van der Waals surface area contributed by atoms with Crippen molar-refractivity contribution in [1.82, 2.24) is 5.32 Å². The molecule has 1 rings (SSSR count). The molecule has 0 aliphatic carbocycles. The molecule has 0 saturated heterocycles. The van der Waals surface area contributed by atoms with E-state index in [9.17, 15) is 14.9 Å². The minimum atomic E-state index is -0.853. The third-order valence-electron chi connectivity index (χ3n) is 2.30. The second-order valence-corrected chi connectivity index (χ2v) is 4.14.